The summed E-state index contributed by atoms with van der Waals surface area (Å²) in [4.78, 5) is 23.8. The Morgan fingerprint density at radius 3 is 2.64 bits per heavy atom. The summed E-state index contributed by atoms with van der Waals surface area (Å²) in [5.74, 6) is 0.805. The van der Waals surface area contributed by atoms with Crippen LogP contribution in [-0.4, -0.2) is 38.7 Å². The second kappa shape index (κ2) is 7.96. The zero-order valence-electron chi connectivity index (χ0n) is 16.5. The van der Waals surface area contributed by atoms with Crippen molar-refractivity contribution < 1.29 is 4.79 Å². The van der Waals surface area contributed by atoms with Gasteiger partial charge in [-0.3, -0.25) is 4.79 Å². The van der Waals surface area contributed by atoms with Crippen LogP contribution in [0.2, 0.25) is 0 Å². The van der Waals surface area contributed by atoms with E-state index in [9.17, 15) is 4.79 Å². The standard InChI is InChI=1S/C21H26N6O/c1-15-7-8-18(16(2)11-15)25-19(28)13-27-21-17(12-24-27)20(22-14-23-21)26-9-5-3-4-6-10-26/h7-8,11-12,14H,3-6,9-10,13H2,1-2H3,(H,25,28). The predicted molar refractivity (Wildman–Crippen MR) is 111 cm³/mol. The number of carbonyl (C=O) groups is 1. The molecule has 0 bridgehead atoms. The number of rotatable bonds is 4. The molecule has 146 valence electrons. The van der Waals surface area contributed by atoms with Crippen LogP contribution >= 0.6 is 0 Å². The molecule has 1 saturated heterocycles. The molecule has 1 N–H and O–H groups in total. The molecular formula is C21H26N6O. The number of nitrogens with zero attached hydrogens (tertiary/aromatic N) is 5. The van der Waals surface area contributed by atoms with Crippen molar-refractivity contribution in [2.24, 2.45) is 0 Å². The van der Waals surface area contributed by atoms with Gasteiger partial charge < -0.3 is 10.2 Å². The van der Waals surface area contributed by atoms with E-state index in [1.807, 2.05) is 26.0 Å². The lowest BCUT2D eigenvalue weighted by Crippen LogP contribution is -2.25. The SMILES string of the molecule is Cc1ccc(NC(=O)Cn2ncc3c(N4CCCCCC4)ncnc32)c(C)c1. The molecule has 3 heterocycles. The number of hydrogen-bond acceptors (Lipinski definition) is 5. The van der Waals surface area contributed by atoms with Crippen molar-refractivity contribution in [2.75, 3.05) is 23.3 Å². The molecule has 3 aromatic rings. The van der Waals surface area contributed by atoms with Gasteiger partial charge in [0.25, 0.3) is 0 Å². The smallest absolute Gasteiger partial charge is 0.246 e. The fraction of sp³-hybridized carbons (Fsp3) is 0.429. The molecular weight excluding hydrogens is 352 g/mol. The van der Waals surface area contributed by atoms with Crippen molar-refractivity contribution in [2.45, 2.75) is 46.1 Å². The van der Waals surface area contributed by atoms with Gasteiger partial charge in [0.1, 0.15) is 18.7 Å². The summed E-state index contributed by atoms with van der Waals surface area (Å²) in [6.45, 7) is 6.16. The van der Waals surface area contributed by atoms with Gasteiger partial charge in [-0.2, -0.15) is 5.10 Å². The fourth-order valence-corrected chi connectivity index (χ4v) is 3.81. The van der Waals surface area contributed by atoms with Gasteiger partial charge in [0.2, 0.25) is 5.91 Å². The molecule has 1 aliphatic heterocycles. The minimum absolute atomic E-state index is 0.118. The van der Waals surface area contributed by atoms with E-state index in [1.54, 1.807) is 17.2 Å². The number of benzene rings is 1. The summed E-state index contributed by atoms with van der Waals surface area (Å²) in [5, 5.41) is 8.30. The molecule has 0 unspecified atom stereocenters. The molecule has 1 aromatic carbocycles. The van der Waals surface area contributed by atoms with Crippen LogP contribution in [0.4, 0.5) is 11.5 Å². The molecule has 28 heavy (non-hydrogen) atoms. The van der Waals surface area contributed by atoms with Gasteiger partial charge in [0.05, 0.1) is 11.6 Å². The Morgan fingerprint density at radius 2 is 1.89 bits per heavy atom. The summed E-state index contributed by atoms with van der Waals surface area (Å²) in [5.41, 5.74) is 3.74. The minimum Gasteiger partial charge on any atom is -0.356 e. The zero-order valence-corrected chi connectivity index (χ0v) is 16.5. The number of aromatic nitrogens is 4. The summed E-state index contributed by atoms with van der Waals surface area (Å²) in [6.07, 6.45) is 8.24. The van der Waals surface area contributed by atoms with Crippen molar-refractivity contribution in [1.29, 1.82) is 0 Å². The second-order valence-corrected chi connectivity index (χ2v) is 7.50. The molecule has 7 nitrogen and oxygen atoms in total. The van der Waals surface area contributed by atoms with E-state index >= 15 is 0 Å². The molecule has 7 heteroatoms. The van der Waals surface area contributed by atoms with Gasteiger partial charge in [-0.15, -0.1) is 0 Å². The monoisotopic (exact) mass is 378 g/mol. The molecule has 1 aliphatic rings. The Labute approximate surface area is 164 Å². The fourth-order valence-electron chi connectivity index (χ4n) is 3.81. The molecule has 1 amide bonds. The molecule has 4 rings (SSSR count). The molecule has 0 saturated carbocycles. The van der Waals surface area contributed by atoms with E-state index in [0.717, 1.165) is 35.5 Å². The summed E-state index contributed by atoms with van der Waals surface area (Å²) in [7, 11) is 0. The second-order valence-electron chi connectivity index (χ2n) is 7.50. The first kappa shape index (κ1) is 18.4. The third-order valence-corrected chi connectivity index (χ3v) is 5.27. The normalized spacial score (nSPS) is 14.9. The van der Waals surface area contributed by atoms with Crippen LogP contribution < -0.4 is 10.2 Å². The van der Waals surface area contributed by atoms with Crippen molar-refractivity contribution >= 4 is 28.4 Å². The maximum Gasteiger partial charge on any atom is 0.246 e. The Kier molecular flexibility index (Phi) is 5.23. The largest absolute Gasteiger partial charge is 0.356 e. The molecule has 1 fully saturated rings. The van der Waals surface area contributed by atoms with E-state index < -0.39 is 0 Å². The van der Waals surface area contributed by atoms with Crippen molar-refractivity contribution in [3.63, 3.8) is 0 Å². The van der Waals surface area contributed by atoms with Crippen LogP contribution in [0.15, 0.2) is 30.7 Å². The van der Waals surface area contributed by atoms with Gasteiger partial charge in [0, 0.05) is 18.8 Å². The van der Waals surface area contributed by atoms with E-state index in [0.29, 0.717) is 5.65 Å². The quantitative estimate of drug-likeness (QED) is 0.752. The highest BCUT2D eigenvalue weighted by atomic mass is 16.2. The van der Waals surface area contributed by atoms with E-state index in [1.165, 1.54) is 31.2 Å². The van der Waals surface area contributed by atoms with Crippen LogP contribution in [0.3, 0.4) is 0 Å². The van der Waals surface area contributed by atoms with Gasteiger partial charge >= 0.3 is 0 Å². The van der Waals surface area contributed by atoms with Crippen molar-refractivity contribution in [1.82, 2.24) is 19.7 Å². The van der Waals surface area contributed by atoms with Crippen LogP contribution in [0.25, 0.3) is 11.0 Å². The summed E-state index contributed by atoms with van der Waals surface area (Å²) >= 11 is 0. The number of aryl methyl sites for hydroxylation is 2. The lowest BCUT2D eigenvalue weighted by molar-refractivity contribution is -0.116. The average molecular weight is 378 g/mol. The van der Waals surface area contributed by atoms with E-state index in [-0.39, 0.29) is 12.5 Å². The summed E-state index contributed by atoms with van der Waals surface area (Å²) in [6, 6.07) is 5.98. The Bertz CT molecular complexity index is 988. The van der Waals surface area contributed by atoms with Crippen molar-refractivity contribution in [3.05, 3.63) is 41.9 Å². The first-order valence-electron chi connectivity index (χ1n) is 9.90. The first-order valence-corrected chi connectivity index (χ1v) is 9.90. The zero-order chi connectivity index (χ0) is 19.5. The number of amides is 1. The number of nitrogens with one attached hydrogen (secondary N) is 1. The molecule has 0 radical (unpaired) electrons. The average Bonchev–Trinajstić information content (AvgIpc) is 2.90. The molecule has 2 aromatic heterocycles. The minimum atomic E-state index is -0.119. The number of carbonyl (C=O) groups excluding carboxylic acids is 1. The number of fused-ring (bicyclic) bond motifs is 1. The number of hydrogen-bond donors (Lipinski definition) is 1. The first-order chi connectivity index (χ1) is 13.6. The maximum absolute atomic E-state index is 12.6. The van der Waals surface area contributed by atoms with Crippen LogP contribution in [0, 0.1) is 13.8 Å². The van der Waals surface area contributed by atoms with Gasteiger partial charge in [-0.1, -0.05) is 30.5 Å². The maximum atomic E-state index is 12.6. The van der Waals surface area contributed by atoms with Gasteiger partial charge in [-0.25, -0.2) is 14.6 Å². The van der Waals surface area contributed by atoms with Crippen LogP contribution in [-0.2, 0) is 11.3 Å². The predicted octanol–water partition coefficient (Wildman–Crippen LogP) is 3.46. The lowest BCUT2D eigenvalue weighted by Gasteiger charge is -2.21. The lowest BCUT2D eigenvalue weighted by atomic mass is 10.1. The third-order valence-electron chi connectivity index (χ3n) is 5.27. The van der Waals surface area contributed by atoms with Crippen LogP contribution in [0.5, 0.6) is 0 Å². The number of anilines is 2. The highest BCUT2D eigenvalue weighted by molar-refractivity contribution is 5.93. The Hall–Kier alpha value is -2.96. The van der Waals surface area contributed by atoms with Gasteiger partial charge in [-0.05, 0) is 38.3 Å². The summed E-state index contributed by atoms with van der Waals surface area (Å²) < 4.78 is 1.65. The molecule has 0 spiro atoms. The van der Waals surface area contributed by atoms with Crippen molar-refractivity contribution in [3.8, 4) is 0 Å². The highest BCUT2D eigenvalue weighted by Gasteiger charge is 2.18. The topological polar surface area (TPSA) is 75.9 Å². The Morgan fingerprint density at radius 1 is 1.11 bits per heavy atom. The molecule has 0 aliphatic carbocycles. The van der Waals surface area contributed by atoms with Crippen LogP contribution in [0.1, 0.15) is 36.8 Å². The van der Waals surface area contributed by atoms with E-state index in [2.05, 4.69) is 31.3 Å². The van der Waals surface area contributed by atoms with E-state index in [4.69, 9.17) is 0 Å². The molecule has 0 atom stereocenters. The Balaban J connectivity index is 1.54. The highest BCUT2D eigenvalue weighted by Crippen LogP contribution is 2.25. The van der Waals surface area contributed by atoms with Gasteiger partial charge in [0.15, 0.2) is 5.65 Å². The third kappa shape index (κ3) is 3.83.